The first-order valence-corrected chi connectivity index (χ1v) is 14.3. The smallest absolute Gasteiger partial charge is 0.324 e. The lowest BCUT2D eigenvalue weighted by atomic mass is 9.88. The van der Waals surface area contributed by atoms with Gasteiger partial charge in [0.05, 0.1) is 5.92 Å². The number of hydrogen-bond donors (Lipinski definition) is 3. The monoisotopic (exact) mass is 547 g/mol. The third-order valence-corrected chi connectivity index (χ3v) is 8.02. The van der Waals surface area contributed by atoms with Crippen molar-refractivity contribution in [3.8, 4) is 11.1 Å². The Labute approximate surface area is 225 Å². The number of carbonyl (C=O) groups is 1. The maximum Gasteiger partial charge on any atom is 0.324 e. The van der Waals surface area contributed by atoms with Gasteiger partial charge in [0, 0.05) is 24.2 Å². The van der Waals surface area contributed by atoms with Crippen molar-refractivity contribution < 1.29 is 13.6 Å². The molecule has 0 saturated carbocycles. The average molecular weight is 549 g/mol. The van der Waals surface area contributed by atoms with Gasteiger partial charge in [-0.05, 0) is 58.2 Å². The van der Waals surface area contributed by atoms with E-state index in [9.17, 15) is 13.6 Å². The van der Waals surface area contributed by atoms with Crippen molar-refractivity contribution in [1.82, 2.24) is 10.0 Å². The summed E-state index contributed by atoms with van der Waals surface area (Å²) < 4.78 is 25.6. The van der Waals surface area contributed by atoms with Crippen molar-refractivity contribution in [2.75, 3.05) is 13.1 Å². The number of amides is 1. The fourth-order valence-corrected chi connectivity index (χ4v) is 5.88. The summed E-state index contributed by atoms with van der Waals surface area (Å²) >= 11 is 11.9. The van der Waals surface area contributed by atoms with E-state index >= 15 is 0 Å². The number of carbonyl (C=O) groups excluding carboxylic acids is 1. The molecule has 5 nitrogen and oxygen atoms in total. The van der Waals surface area contributed by atoms with Crippen molar-refractivity contribution in [3.05, 3.63) is 88.4 Å². The minimum absolute atomic E-state index is 0.000715. The normalized spacial score (nSPS) is 13.8. The largest absolute Gasteiger partial charge is 0.356 e. The van der Waals surface area contributed by atoms with Crippen molar-refractivity contribution in [3.63, 3.8) is 0 Å². The Morgan fingerprint density at radius 1 is 0.917 bits per heavy atom. The minimum Gasteiger partial charge on any atom is -0.356 e. The number of benzene rings is 3. The van der Waals surface area contributed by atoms with Crippen LogP contribution in [0.2, 0.25) is 10.0 Å². The van der Waals surface area contributed by atoms with Gasteiger partial charge in [0.25, 0.3) is 0 Å². The predicted molar refractivity (Wildman–Crippen MR) is 150 cm³/mol. The molecule has 8 heteroatoms. The van der Waals surface area contributed by atoms with Crippen LogP contribution in [0.1, 0.15) is 44.6 Å². The molecule has 36 heavy (non-hydrogen) atoms. The molecule has 2 atom stereocenters. The Morgan fingerprint density at radius 2 is 1.61 bits per heavy atom. The van der Waals surface area contributed by atoms with Crippen molar-refractivity contribution in [1.29, 1.82) is 0 Å². The number of halogens is 2. The summed E-state index contributed by atoms with van der Waals surface area (Å²) in [5, 5.41) is 3.60. The van der Waals surface area contributed by atoms with E-state index in [0.717, 1.165) is 23.1 Å². The van der Waals surface area contributed by atoms with E-state index in [4.69, 9.17) is 23.2 Å². The molecule has 192 valence electrons. The van der Waals surface area contributed by atoms with Gasteiger partial charge >= 0.3 is 10.4 Å². The van der Waals surface area contributed by atoms with Crippen LogP contribution < -0.4 is 10.0 Å². The fraction of sp³-hybridized carbons (Fsp3) is 0.321. The summed E-state index contributed by atoms with van der Waals surface area (Å²) in [6.07, 6.45) is 2.03. The van der Waals surface area contributed by atoms with Gasteiger partial charge in [-0.25, -0.2) is 0 Å². The van der Waals surface area contributed by atoms with Crippen LogP contribution in [0.3, 0.4) is 0 Å². The summed E-state index contributed by atoms with van der Waals surface area (Å²) in [6, 6.07) is 22.7. The summed E-state index contributed by atoms with van der Waals surface area (Å²) in [6.45, 7) is 5.03. The molecule has 0 fully saturated rings. The van der Waals surface area contributed by atoms with Gasteiger partial charge in [-0.2, -0.15) is 4.55 Å². The van der Waals surface area contributed by atoms with E-state index in [1.165, 1.54) is 18.2 Å². The Bertz CT molecular complexity index is 1200. The van der Waals surface area contributed by atoms with Crippen molar-refractivity contribution >= 4 is 39.5 Å². The SMILES string of the molecule is CC(C)CC(C(=O)NCCCCN[S+](=O)(O)c1ccc(Cl)cc1Cl)c1cccc(-c2ccccc2)c1. The molecule has 0 aliphatic heterocycles. The molecular weight excluding hydrogens is 515 g/mol. The lowest BCUT2D eigenvalue weighted by Gasteiger charge is -2.20. The molecule has 0 heterocycles. The van der Waals surface area contributed by atoms with E-state index in [1.807, 2.05) is 30.3 Å². The molecule has 0 aliphatic rings. The zero-order valence-electron chi connectivity index (χ0n) is 20.5. The van der Waals surface area contributed by atoms with Crippen LogP contribution >= 0.6 is 23.2 Å². The van der Waals surface area contributed by atoms with Crippen molar-refractivity contribution in [2.45, 2.75) is 43.9 Å². The molecule has 3 rings (SSSR count). The highest BCUT2D eigenvalue weighted by Gasteiger charge is 2.31. The van der Waals surface area contributed by atoms with E-state index < -0.39 is 10.4 Å². The van der Waals surface area contributed by atoms with Crippen LogP contribution in [0.4, 0.5) is 0 Å². The average Bonchev–Trinajstić information content (AvgIpc) is 2.84. The summed E-state index contributed by atoms with van der Waals surface area (Å²) in [5.74, 6) is 0.124. The lowest BCUT2D eigenvalue weighted by molar-refractivity contribution is -0.122. The third kappa shape index (κ3) is 8.15. The molecule has 0 aromatic heterocycles. The first kappa shape index (κ1) is 28.4. The van der Waals surface area contributed by atoms with Crippen LogP contribution in [-0.4, -0.2) is 23.5 Å². The lowest BCUT2D eigenvalue weighted by Crippen LogP contribution is -2.33. The van der Waals surface area contributed by atoms with Crippen molar-refractivity contribution in [2.24, 2.45) is 5.92 Å². The highest BCUT2D eigenvalue weighted by Crippen LogP contribution is 2.29. The number of nitrogens with one attached hydrogen (secondary N) is 2. The quantitative estimate of drug-likeness (QED) is 0.165. The number of hydrogen-bond acceptors (Lipinski definition) is 2. The molecule has 1 amide bonds. The summed E-state index contributed by atoms with van der Waals surface area (Å²) in [4.78, 5) is 13.2. The van der Waals surface area contributed by atoms with Crippen LogP contribution in [0.15, 0.2) is 77.7 Å². The molecule has 0 spiro atoms. The van der Waals surface area contributed by atoms with Gasteiger partial charge in [0.1, 0.15) is 5.02 Å². The Hall–Kier alpha value is -2.22. The maximum absolute atomic E-state index is 13.1. The second-order valence-corrected chi connectivity index (χ2v) is 11.8. The van der Waals surface area contributed by atoms with Crippen LogP contribution in [0, 0.1) is 5.92 Å². The molecule has 3 aromatic carbocycles. The standard InChI is InChI=1S/C28H32Cl2N2O3S/c1-20(2)17-25(23-12-8-11-22(18-23)21-9-4-3-5-10-21)28(33)31-15-6-7-16-32-36(34,35)27-14-13-24(29)19-26(27)30/h3-5,8-14,18-20,25H,6-7,15-17H2,1-2H3,(H2-,31,32,33,34,35)/p+1. The zero-order chi connectivity index (χ0) is 26.1. The molecule has 0 radical (unpaired) electrons. The topological polar surface area (TPSA) is 78.4 Å². The third-order valence-electron chi connectivity index (χ3n) is 5.81. The minimum atomic E-state index is -3.48. The first-order valence-electron chi connectivity index (χ1n) is 12.1. The Kier molecular flexibility index (Phi) is 10.5. The van der Waals surface area contributed by atoms with Gasteiger partial charge in [-0.1, -0.05) is 91.6 Å². The second-order valence-electron chi connectivity index (χ2n) is 9.17. The van der Waals surface area contributed by atoms with Gasteiger partial charge in [0.15, 0.2) is 0 Å². The highest BCUT2D eigenvalue weighted by atomic mass is 35.5. The number of rotatable bonds is 12. The number of unbranched alkanes of at least 4 members (excludes halogenated alkanes) is 1. The molecule has 0 aliphatic carbocycles. The van der Waals surface area contributed by atoms with E-state index in [0.29, 0.717) is 36.9 Å². The van der Waals surface area contributed by atoms with Gasteiger partial charge in [-0.3, -0.25) is 4.79 Å². The van der Waals surface area contributed by atoms with Crippen LogP contribution in [0.5, 0.6) is 0 Å². The molecular formula is C28H33Cl2N2O3S+. The summed E-state index contributed by atoms with van der Waals surface area (Å²) in [7, 11) is -3.48. The maximum atomic E-state index is 13.1. The molecule has 2 unspecified atom stereocenters. The van der Waals surface area contributed by atoms with Crippen LogP contribution in [-0.2, 0) is 19.4 Å². The zero-order valence-corrected chi connectivity index (χ0v) is 22.9. The van der Waals surface area contributed by atoms with Gasteiger partial charge in [0.2, 0.25) is 10.8 Å². The Balaban J connectivity index is 1.53. The molecule has 3 N–H and O–H groups in total. The highest BCUT2D eigenvalue weighted by molar-refractivity contribution is 7.96. The first-order chi connectivity index (χ1) is 17.2. The molecule has 3 aromatic rings. The second kappa shape index (κ2) is 13.4. The molecule has 0 saturated heterocycles. The van der Waals surface area contributed by atoms with Gasteiger partial charge < -0.3 is 5.32 Å². The fourth-order valence-electron chi connectivity index (χ4n) is 4.00. The van der Waals surface area contributed by atoms with E-state index in [-0.39, 0.29) is 21.7 Å². The van der Waals surface area contributed by atoms with E-state index in [1.54, 1.807) is 0 Å². The predicted octanol–water partition coefficient (Wildman–Crippen LogP) is 7.22. The van der Waals surface area contributed by atoms with Crippen LogP contribution in [0.25, 0.3) is 11.1 Å². The Morgan fingerprint density at radius 3 is 2.31 bits per heavy atom. The molecule has 0 bridgehead atoms. The van der Waals surface area contributed by atoms with E-state index in [2.05, 4.69) is 48.2 Å². The van der Waals surface area contributed by atoms with Gasteiger partial charge in [-0.15, -0.1) is 4.72 Å². The summed E-state index contributed by atoms with van der Waals surface area (Å²) in [5.41, 5.74) is 3.22.